The molecule has 11 heavy (non-hydrogen) atoms. The largest absolute Gasteiger partial charge is 0.373 e. The lowest BCUT2D eigenvalue weighted by Gasteiger charge is -2.25. The van der Waals surface area contributed by atoms with E-state index in [-0.39, 0.29) is 5.60 Å². The summed E-state index contributed by atoms with van der Waals surface area (Å²) in [4.78, 5) is 0. The molecule has 0 aromatic heterocycles. The third-order valence-electron chi connectivity index (χ3n) is 1.93. The van der Waals surface area contributed by atoms with Gasteiger partial charge in [0.25, 0.3) is 0 Å². The van der Waals surface area contributed by atoms with Crippen LogP contribution in [0.25, 0.3) is 0 Å². The van der Waals surface area contributed by atoms with Crippen LogP contribution in [0.15, 0.2) is 0 Å². The molecule has 0 heterocycles. The van der Waals surface area contributed by atoms with E-state index in [2.05, 4.69) is 29.5 Å². The number of hydrogen-bond acceptors (Lipinski definition) is 1. The fraction of sp³-hybridized carbons (Fsp3) is 1.00. The van der Waals surface area contributed by atoms with Gasteiger partial charge in [-0.2, -0.15) is 0 Å². The van der Waals surface area contributed by atoms with E-state index in [9.17, 15) is 0 Å². The molecule has 1 rings (SSSR count). The number of alkyl halides is 2. The van der Waals surface area contributed by atoms with Crippen LogP contribution in [0.5, 0.6) is 0 Å². The van der Waals surface area contributed by atoms with Crippen LogP contribution in [0.3, 0.4) is 0 Å². The average molecular weight is 289 g/mol. The Labute approximate surface area is 87.0 Å². The van der Waals surface area contributed by atoms with Gasteiger partial charge in [-0.15, -0.1) is 11.6 Å². The van der Waals surface area contributed by atoms with Crippen LogP contribution in [0.4, 0.5) is 0 Å². The summed E-state index contributed by atoms with van der Waals surface area (Å²) in [6, 6.07) is 0. The summed E-state index contributed by atoms with van der Waals surface area (Å²) in [6.45, 7) is 2.99. The lowest BCUT2D eigenvalue weighted by Crippen LogP contribution is -2.33. The minimum absolute atomic E-state index is 0.0926. The normalized spacial score (nSPS) is 23.2. The van der Waals surface area contributed by atoms with Gasteiger partial charge in [0.2, 0.25) is 0 Å². The van der Waals surface area contributed by atoms with Crippen LogP contribution < -0.4 is 0 Å². The molecule has 1 fully saturated rings. The topological polar surface area (TPSA) is 9.23 Å². The maximum atomic E-state index is 5.78. The van der Waals surface area contributed by atoms with Crippen LogP contribution >= 0.6 is 34.2 Å². The molecule has 1 aliphatic rings. The summed E-state index contributed by atoms with van der Waals surface area (Å²) in [7, 11) is 0. The first-order valence-electron chi connectivity index (χ1n) is 3.96. The first-order chi connectivity index (χ1) is 5.20. The maximum absolute atomic E-state index is 5.78. The highest BCUT2D eigenvalue weighted by Crippen LogP contribution is 2.31. The van der Waals surface area contributed by atoms with E-state index in [1.165, 1.54) is 12.8 Å². The minimum Gasteiger partial charge on any atom is -0.373 e. The number of ether oxygens (including phenoxy) is 1. The second-order valence-electron chi connectivity index (χ2n) is 3.47. The molecule has 1 unspecified atom stereocenters. The molecule has 3 heteroatoms. The van der Waals surface area contributed by atoms with Crippen LogP contribution in [0.1, 0.15) is 19.8 Å². The summed E-state index contributed by atoms with van der Waals surface area (Å²) in [5.41, 5.74) is -0.0926. The Morgan fingerprint density at radius 2 is 2.27 bits per heavy atom. The van der Waals surface area contributed by atoms with Crippen molar-refractivity contribution in [2.45, 2.75) is 25.4 Å². The number of rotatable bonds is 5. The molecule has 1 nitrogen and oxygen atoms in total. The molecule has 66 valence electrons. The first-order valence-corrected chi connectivity index (χ1v) is 6.02. The maximum Gasteiger partial charge on any atom is 0.0878 e. The standard InChI is InChI=1S/C8H14ClIO/c1-8(5-9,6-10)11-4-7-2-3-7/h7H,2-6H2,1H3. The lowest BCUT2D eigenvalue weighted by molar-refractivity contribution is -0.000348. The smallest absolute Gasteiger partial charge is 0.0878 e. The molecule has 1 aliphatic carbocycles. The van der Waals surface area contributed by atoms with E-state index in [0.29, 0.717) is 5.88 Å². The Morgan fingerprint density at radius 1 is 1.64 bits per heavy atom. The van der Waals surface area contributed by atoms with E-state index in [4.69, 9.17) is 16.3 Å². The number of hydrogen-bond donors (Lipinski definition) is 0. The van der Waals surface area contributed by atoms with E-state index < -0.39 is 0 Å². The van der Waals surface area contributed by atoms with Crippen molar-refractivity contribution in [3.63, 3.8) is 0 Å². The molecule has 0 radical (unpaired) electrons. The van der Waals surface area contributed by atoms with Crippen molar-refractivity contribution in [1.82, 2.24) is 0 Å². The van der Waals surface area contributed by atoms with Crippen LogP contribution in [0.2, 0.25) is 0 Å². The van der Waals surface area contributed by atoms with Crippen molar-refractivity contribution in [3.05, 3.63) is 0 Å². The van der Waals surface area contributed by atoms with Crippen LogP contribution in [-0.2, 0) is 4.74 Å². The number of halogens is 2. The summed E-state index contributed by atoms with van der Waals surface area (Å²) in [6.07, 6.45) is 2.69. The molecule has 0 spiro atoms. The van der Waals surface area contributed by atoms with Gasteiger partial charge in [0.1, 0.15) is 0 Å². The van der Waals surface area contributed by atoms with E-state index in [0.717, 1.165) is 17.0 Å². The molecule has 0 N–H and O–H groups in total. The van der Waals surface area contributed by atoms with Gasteiger partial charge in [0.05, 0.1) is 18.1 Å². The zero-order valence-electron chi connectivity index (χ0n) is 6.78. The highest BCUT2D eigenvalue weighted by Gasteiger charge is 2.28. The van der Waals surface area contributed by atoms with Gasteiger partial charge in [-0.3, -0.25) is 0 Å². The van der Waals surface area contributed by atoms with E-state index in [1.807, 2.05) is 0 Å². The molecule has 1 saturated carbocycles. The van der Waals surface area contributed by atoms with Gasteiger partial charge in [0, 0.05) is 4.43 Å². The zero-order valence-corrected chi connectivity index (χ0v) is 9.69. The average Bonchev–Trinajstić information content (AvgIpc) is 2.83. The SMILES string of the molecule is CC(CCl)(CI)OCC1CC1. The van der Waals surface area contributed by atoms with E-state index in [1.54, 1.807) is 0 Å². The van der Waals surface area contributed by atoms with Gasteiger partial charge in [0.15, 0.2) is 0 Å². The first kappa shape index (κ1) is 10.1. The molecule has 0 amide bonds. The van der Waals surface area contributed by atoms with Gasteiger partial charge in [-0.25, -0.2) is 0 Å². The van der Waals surface area contributed by atoms with Gasteiger partial charge in [-0.1, -0.05) is 22.6 Å². The Bertz CT molecular complexity index is 121. The van der Waals surface area contributed by atoms with Crippen molar-refractivity contribution in [2.75, 3.05) is 16.9 Å². The van der Waals surface area contributed by atoms with E-state index >= 15 is 0 Å². The molecule has 0 bridgehead atoms. The Morgan fingerprint density at radius 3 is 2.64 bits per heavy atom. The Hall–Kier alpha value is 0.980. The van der Waals surface area contributed by atoms with Crippen LogP contribution in [-0.4, -0.2) is 22.5 Å². The molecular weight excluding hydrogens is 274 g/mol. The van der Waals surface area contributed by atoms with Crippen molar-refractivity contribution in [1.29, 1.82) is 0 Å². The molecule has 0 saturated heterocycles. The quantitative estimate of drug-likeness (QED) is 0.558. The minimum atomic E-state index is -0.0926. The third-order valence-corrected chi connectivity index (χ3v) is 4.11. The highest BCUT2D eigenvalue weighted by molar-refractivity contribution is 14.1. The highest BCUT2D eigenvalue weighted by atomic mass is 127. The van der Waals surface area contributed by atoms with Crippen molar-refractivity contribution in [3.8, 4) is 0 Å². The van der Waals surface area contributed by atoms with Gasteiger partial charge in [-0.05, 0) is 25.7 Å². The fourth-order valence-corrected chi connectivity index (χ4v) is 1.70. The van der Waals surface area contributed by atoms with Crippen LogP contribution in [0, 0.1) is 5.92 Å². The molecule has 0 aromatic rings. The Kier molecular flexibility index (Phi) is 3.92. The fourth-order valence-electron chi connectivity index (χ4n) is 0.716. The second kappa shape index (κ2) is 4.28. The predicted molar refractivity (Wildman–Crippen MR) is 56.7 cm³/mol. The summed E-state index contributed by atoms with van der Waals surface area (Å²) < 4.78 is 6.69. The third kappa shape index (κ3) is 3.47. The van der Waals surface area contributed by atoms with Crippen molar-refractivity contribution >= 4 is 34.2 Å². The monoisotopic (exact) mass is 288 g/mol. The second-order valence-corrected chi connectivity index (χ2v) is 4.50. The molecule has 1 atom stereocenters. The van der Waals surface area contributed by atoms with Gasteiger partial charge < -0.3 is 4.74 Å². The lowest BCUT2D eigenvalue weighted by atomic mass is 10.2. The summed E-state index contributed by atoms with van der Waals surface area (Å²) in [5, 5.41) is 0. The Balaban J connectivity index is 2.18. The summed E-state index contributed by atoms with van der Waals surface area (Å²) in [5.74, 6) is 1.43. The van der Waals surface area contributed by atoms with Crippen molar-refractivity contribution in [2.24, 2.45) is 5.92 Å². The summed E-state index contributed by atoms with van der Waals surface area (Å²) >= 11 is 8.11. The van der Waals surface area contributed by atoms with Crippen molar-refractivity contribution < 1.29 is 4.74 Å². The zero-order chi connectivity index (χ0) is 8.32. The molecule has 0 aliphatic heterocycles. The van der Waals surface area contributed by atoms with Gasteiger partial charge >= 0.3 is 0 Å². The predicted octanol–water partition coefficient (Wildman–Crippen LogP) is 2.85. The molecule has 0 aromatic carbocycles. The molecular formula is C8H14ClIO.